The third kappa shape index (κ3) is 12.4. The first kappa shape index (κ1) is 41.6. The number of carbonyl (C=O) groups excluding carboxylic acids is 2. The number of esters is 1. The molecule has 0 aliphatic carbocycles. The Hall–Kier alpha value is -2.81. The van der Waals surface area contributed by atoms with E-state index in [1.807, 2.05) is 33.8 Å². The molecule has 284 valence electrons. The highest BCUT2D eigenvalue weighted by Gasteiger charge is 2.47. The highest BCUT2D eigenvalue weighted by molar-refractivity contribution is 5.70. The fourth-order valence-electron chi connectivity index (χ4n) is 6.67. The van der Waals surface area contributed by atoms with E-state index in [1.54, 1.807) is 43.1 Å². The van der Waals surface area contributed by atoms with E-state index in [0.29, 0.717) is 44.5 Å². The summed E-state index contributed by atoms with van der Waals surface area (Å²) in [5.74, 6) is -1.85. The van der Waals surface area contributed by atoms with Gasteiger partial charge in [0.05, 0.1) is 36.4 Å². The van der Waals surface area contributed by atoms with Gasteiger partial charge in [0.1, 0.15) is 11.7 Å². The highest BCUT2D eigenvalue weighted by atomic mass is 16.6. The molecule has 50 heavy (non-hydrogen) atoms. The van der Waals surface area contributed by atoms with Crippen LogP contribution in [0.5, 0.6) is 0 Å². The molecule has 2 fully saturated rings. The Morgan fingerprint density at radius 3 is 2.68 bits per heavy atom. The minimum atomic E-state index is -1.17. The number of methoxy groups -OCH3 is 1. The molecular weight excluding hydrogens is 648 g/mol. The van der Waals surface area contributed by atoms with E-state index >= 15 is 0 Å². The van der Waals surface area contributed by atoms with Gasteiger partial charge in [-0.15, -0.1) is 0 Å². The average Bonchev–Trinajstić information content (AvgIpc) is 3.83. The van der Waals surface area contributed by atoms with Crippen molar-refractivity contribution in [3.63, 3.8) is 0 Å². The molecule has 0 spiro atoms. The van der Waals surface area contributed by atoms with E-state index in [-0.39, 0.29) is 55.8 Å². The van der Waals surface area contributed by atoms with Crippen molar-refractivity contribution in [3.8, 4) is 0 Å². The van der Waals surface area contributed by atoms with Gasteiger partial charge in [-0.25, -0.2) is 4.79 Å². The first-order valence-electron chi connectivity index (χ1n) is 17.9. The molecule has 1 amide bonds. The lowest BCUT2D eigenvalue weighted by molar-refractivity contribution is -0.151. The number of aliphatic hydroxyl groups excluding tert-OH is 2. The standard InChI is InChI=1S/C37H60N2O11/c1-8-28(41)25(4)34-29(48-34)21-36(5,46)16-9-10-23(2)33-24(3)11-13-30(37(6,47-7)17-15-27(40)20-32(44)50-33)49-35(45)39-19-18-38-26(22-39)12-14-31(42)43/h9-11,13,16,24-30,33-34,38,40-41,46H,8,12,14-15,17-22H2,1-7H3,(H,42,43)/b13-11+,16-9+,23-10+/t24-,25?,26?,27+,28-,29+,30-,33+,34+,36-,37+/m0/s1. The van der Waals surface area contributed by atoms with Crippen LogP contribution in [0.1, 0.15) is 86.5 Å². The number of carboxylic acids is 1. The van der Waals surface area contributed by atoms with Crippen LogP contribution in [-0.4, -0.2) is 124 Å². The molecule has 0 saturated carbocycles. The first-order chi connectivity index (χ1) is 23.5. The van der Waals surface area contributed by atoms with Crippen LogP contribution in [-0.2, 0) is 28.5 Å². The zero-order valence-corrected chi connectivity index (χ0v) is 30.7. The molecule has 0 aromatic carbocycles. The molecule has 3 rings (SSSR count). The summed E-state index contributed by atoms with van der Waals surface area (Å²) in [6.45, 7) is 12.3. The number of cyclic esters (lactones) is 1. The Labute approximate surface area is 296 Å². The number of epoxide rings is 1. The third-order valence-corrected chi connectivity index (χ3v) is 10.3. The molecule has 13 heteroatoms. The maximum absolute atomic E-state index is 13.5. The molecule has 0 aromatic rings. The van der Waals surface area contributed by atoms with E-state index in [1.165, 1.54) is 7.11 Å². The SMILES string of the molecule is CC[C@H](O)C(C)[C@H]1O[C@@H]1C[C@@](C)(O)/C=C/C=C(\C)[C@H]1OC(=O)C[C@H](O)CC[C@@](C)(OC)[C@@H](OC(=O)N2CCNC(CCC(=O)O)C2)/C=C/[C@@H]1C. The summed E-state index contributed by atoms with van der Waals surface area (Å²) in [5, 5.41) is 44.3. The van der Waals surface area contributed by atoms with Crippen molar-refractivity contribution in [2.75, 3.05) is 26.7 Å². The van der Waals surface area contributed by atoms with Crippen LogP contribution >= 0.6 is 0 Å². The van der Waals surface area contributed by atoms with Crippen LogP contribution in [0.4, 0.5) is 4.79 Å². The lowest BCUT2D eigenvalue weighted by Crippen LogP contribution is -2.54. The van der Waals surface area contributed by atoms with Crippen molar-refractivity contribution in [1.29, 1.82) is 0 Å². The van der Waals surface area contributed by atoms with Crippen molar-refractivity contribution < 1.29 is 53.8 Å². The topological polar surface area (TPSA) is 188 Å². The summed E-state index contributed by atoms with van der Waals surface area (Å²) in [4.78, 5) is 39.0. The molecule has 0 bridgehead atoms. The van der Waals surface area contributed by atoms with Gasteiger partial charge in [0, 0.05) is 57.5 Å². The Balaban J connectivity index is 1.77. The van der Waals surface area contributed by atoms with Gasteiger partial charge in [-0.05, 0) is 58.1 Å². The fraction of sp³-hybridized carbons (Fsp3) is 0.757. The van der Waals surface area contributed by atoms with Gasteiger partial charge in [0.2, 0.25) is 0 Å². The minimum Gasteiger partial charge on any atom is -0.481 e. The number of aliphatic hydroxyl groups is 3. The number of amides is 1. The quantitative estimate of drug-likeness (QED) is 0.0813. The summed E-state index contributed by atoms with van der Waals surface area (Å²) >= 11 is 0. The maximum Gasteiger partial charge on any atom is 0.410 e. The van der Waals surface area contributed by atoms with Crippen LogP contribution < -0.4 is 5.32 Å². The fourth-order valence-corrected chi connectivity index (χ4v) is 6.67. The minimum absolute atomic E-state index is 0.0112. The number of hydrogen-bond donors (Lipinski definition) is 5. The van der Waals surface area contributed by atoms with E-state index < -0.39 is 53.6 Å². The zero-order valence-electron chi connectivity index (χ0n) is 30.7. The monoisotopic (exact) mass is 708 g/mol. The van der Waals surface area contributed by atoms with Gasteiger partial charge in [-0.2, -0.15) is 0 Å². The number of piperazine rings is 1. The number of ether oxygens (including phenoxy) is 4. The summed E-state index contributed by atoms with van der Waals surface area (Å²) in [7, 11) is 1.51. The number of hydrogen-bond acceptors (Lipinski definition) is 11. The molecule has 3 heterocycles. The summed E-state index contributed by atoms with van der Waals surface area (Å²) < 4.78 is 23.6. The number of allylic oxidation sites excluding steroid dienone is 2. The largest absolute Gasteiger partial charge is 0.481 e. The molecule has 3 aliphatic heterocycles. The van der Waals surface area contributed by atoms with Crippen molar-refractivity contribution in [2.45, 2.75) is 140 Å². The normalized spacial score (nSPS) is 34.4. The van der Waals surface area contributed by atoms with Gasteiger partial charge >= 0.3 is 18.0 Å². The predicted molar refractivity (Wildman–Crippen MR) is 186 cm³/mol. The number of nitrogens with one attached hydrogen (secondary N) is 1. The number of carboxylic acid groups (broad SMARTS) is 1. The van der Waals surface area contributed by atoms with Gasteiger partial charge in [-0.1, -0.05) is 45.1 Å². The van der Waals surface area contributed by atoms with Gasteiger partial charge in [0.15, 0.2) is 6.10 Å². The predicted octanol–water partition coefficient (Wildman–Crippen LogP) is 3.50. The second-order valence-corrected chi connectivity index (χ2v) is 14.7. The molecule has 13 nitrogen and oxygen atoms in total. The summed E-state index contributed by atoms with van der Waals surface area (Å²) in [6, 6.07) is -0.173. The van der Waals surface area contributed by atoms with E-state index in [9.17, 15) is 29.7 Å². The van der Waals surface area contributed by atoms with E-state index in [0.717, 1.165) is 0 Å². The van der Waals surface area contributed by atoms with Crippen molar-refractivity contribution >= 4 is 18.0 Å². The lowest BCUT2D eigenvalue weighted by atomic mass is 9.88. The molecule has 11 atom stereocenters. The number of carbonyl (C=O) groups is 3. The van der Waals surface area contributed by atoms with Crippen LogP contribution in [0.25, 0.3) is 0 Å². The Kier molecular flexibility index (Phi) is 15.5. The van der Waals surface area contributed by atoms with Crippen molar-refractivity contribution in [2.24, 2.45) is 11.8 Å². The van der Waals surface area contributed by atoms with Crippen LogP contribution in [0, 0.1) is 11.8 Å². The number of aliphatic carboxylic acids is 1. The third-order valence-electron chi connectivity index (χ3n) is 10.3. The molecule has 2 unspecified atom stereocenters. The molecule has 3 aliphatic rings. The molecule has 0 radical (unpaired) electrons. The smallest absolute Gasteiger partial charge is 0.410 e. The van der Waals surface area contributed by atoms with E-state index in [2.05, 4.69) is 5.32 Å². The number of rotatable bonds is 13. The van der Waals surface area contributed by atoms with Gasteiger partial charge in [-0.3, -0.25) is 9.59 Å². The maximum atomic E-state index is 13.5. The van der Waals surface area contributed by atoms with Crippen LogP contribution in [0.15, 0.2) is 36.0 Å². The molecule has 0 aromatic heterocycles. The molecular formula is C37H60N2O11. The van der Waals surface area contributed by atoms with Crippen LogP contribution in [0.3, 0.4) is 0 Å². The van der Waals surface area contributed by atoms with Crippen molar-refractivity contribution in [3.05, 3.63) is 36.0 Å². The second-order valence-electron chi connectivity index (χ2n) is 14.7. The Bertz CT molecular complexity index is 1240. The number of nitrogens with zero attached hydrogens (tertiary/aromatic N) is 1. The highest BCUT2D eigenvalue weighted by Crippen LogP contribution is 2.37. The van der Waals surface area contributed by atoms with Gasteiger partial charge in [0.25, 0.3) is 0 Å². The second kappa shape index (κ2) is 18.6. The lowest BCUT2D eigenvalue weighted by Gasteiger charge is -2.38. The van der Waals surface area contributed by atoms with Gasteiger partial charge < -0.3 is 49.6 Å². The van der Waals surface area contributed by atoms with Crippen LogP contribution in [0.2, 0.25) is 0 Å². The van der Waals surface area contributed by atoms with E-state index in [4.69, 9.17) is 24.1 Å². The Morgan fingerprint density at radius 2 is 2.02 bits per heavy atom. The van der Waals surface area contributed by atoms with Crippen molar-refractivity contribution in [1.82, 2.24) is 10.2 Å². The Morgan fingerprint density at radius 1 is 1.30 bits per heavy atom. The average molecular weight is 709 g/mol. The molecule has 2 saturated heterocycles. The summed E-state index contributed by atoms with van der Waals surface area (Å²) in [5.41, 5.74) is -1.50. The zero-order chi connectivity index (χ0) is 37.2. The summed E-state index contributed by atoms with van der Waals surface area (Å²) in [6.07, 6.45) is 6.52. The first-order valence-corrected chi connectivity index (χ1v) is 17.9. The molecule has 5 N–H and O–H groups in total.